The zero-order chi connectivity index (χ0) is 35.1. The number of hydrogen-bond acceptors (Lipinski definition) is 4. The van der Waals surface area contributed by atoms with Crippen molar-refractivity contribution in [3.8, 4) is 67.5 Å². The fourth-order valence-corrected chi connectivity index (χ4v) is 8.46. The first-order chi connectivity index (χ1) is 26.2. The molecule has 0 aliphatic rings. The van der Waals surface area contributed by atoms with Gasteiger partial charge in [0, 0.05) is 36.9 Å². The van der Waals surface area contributed by atoms with Gasteiger partial charge in [-0.15, -0.1) is 11.3 Å². The number of nitrogens with zero attached hydrogens (tertiary/aromatic N) is 3. The first kappa shape index (κ1) is 31.0. The lowest BCUT2D eigenvalue weighted by Crippen LogP contribution is -2.01. The highest BCUT2D eigenvalue weighted by Crippen LogP contribution is 2.42. The third-order valence-corrected chi connectivity index (χ3v) is 11.1. The van der Waals surface area contributed by atoms with E-state index in [0.29, 0.717) is 17.5 Å². The summed E-state index contributed by atoms with van der Waals surface area (Å²) in [5.74, 6) is 1.93. The first-order valence-corrected chi connectivity index (χ1v) is 18.6. The van der Waals surface area contributed by atoms with Crippen LogP contribution in [0.5, 0.6) is 0 Å². The summed E-state index contributed by atoms with van der Waals surface area (Å²) in [6.07, 6.45) is 0. The minimum Gasteiger partial charge on any atom is -0.208 e. The van der Waals surface area contributed by atoms with Crippen LogP contribution in [0.3, 0.4) is 0 Å². The molecular weight excluding hydrogens is 663 g/mol. The fraction of sp³-hybridized carbons (Fsp3) is 0. The van der Waals surface area contributed by atoms with Gasteiger partial charge in [-0.1, -0.05) is 158 Å². The van der Waals surface area contributed by atoms with Gasteiger partial charge in [-0.05, 0) is 74.5 Å². The second-order valence-corrected chi connectivity index (χ2v) is 14.3. The Kier molecular flexibility index (Phi) is 7.67. The third kappa shape index (κ3) is 5.76. The molecule has 0 aliphatic carbocycles. The molecule has 0 spiro atoms. The molecule has 0 aliphatic heterocycles. The van der Waals surface area contributed by atoms with E-state index in [1.165, 1.54) is 47.6 Å². The van der Waals surface area contributed by atoms with Gasteiger partial charge in [-0.3, -0.25) is 0 Å². The SMILES string of the molecule is c1ccc(-c2ccc3cc(-c4cccc(-c5nc(-c6ccccc6)nc(-c6ccccc6-c6cccc7sc8ccccc8c67)n5)c4)ccc3c2)cc1. The highest BCUT2D eigenvalue weighted by atomic mass is 32.1. The van der Waals surface area contributed by atoms with Gasteiger partial charge in [0.15, 0.2) is 17.5 Å². The van der Waals surface area contributed by atoms with Crippen molar-refractivity contribution in [3.63, 3.8) is 0 Å². The third-order valence-electron chi connectivity index (χ3n) is 9.93. The molecule has 0 amide bonds. The number of hydrogen-bond donors (Lipinski definition) is 0. The van der Waals surface area contributed by atoms with Crippen molar-refractivity contribution in [3.05, 3.63) is 188 Å². The molecule has 53 heavy (non-hydrogen) atoms. The predicted octanol–water partition coefficient (Wildman–Crippen LogP) is 13.4. The van der Waals surface area contributed by atoms with E-state index in [4.69, 9.17) is 15.0 Å². The Morgan fingerprint density at radius 1 is 0.302 bits per heavy atom. The van der Waals surface area contributed by atoms with Crippen LogP contribution in [0.2, 0.25) is 0 Å². The predicted molar refractivity (Wildman–Crippen MR) is 223 cm³/mol. The molecule has 0 N–H and O–H groups in total. The van der Waals surface area contributed by atoms with E-state index >= 15 is 0 Å². The maximum atomic E-state index is 5.22. The van der Waals surface area contributed by atoms with Gasteiger partial charge in [0.25, 0.3) is 0 Å². The molecule has 2 heterocycles. The van der Waals surface area contributed by atoms with Gasteiger partial charge >= 0.3 is 0 Å². The van der Waals surface area contributed by atoms with Gasteiger partial charge in [0.2, 0.25) is 0 Å². The van der Waals surface area contributed by atoms with Crippen LogP contribution in [0.15, 0.2) is 188 Å². The number of thiophene rings is 1. The van der Waals surface area contributed by atoms with Crippen molar-refractivity contribution in [1.29, 1.82) is 0 Å². The average Bonchev–Trinajstić information content (AvgIpc) is 3.63. The van der Waals surface area contributed by atoms with Crippen LogP contribution in [-0.2, 0) is 0 Å². The Balaban J connectivity index is 1.10. The van der Waals surface area contributed by atoms with E-state index in [0.717, 1.165) is 33.4 Å². The summed E-state index contributed by atoms with van der Waals surface area (Å²) in [7, 11) is 0. The highest BCUT2D eigenvalue weighted by molar-refractivity contribution is 7.25. The molecule has 248 valence electrons. The molecule has 0 fully saturated rings. The van der Waals surface area contributed by atoms with Gasteiger partial charge in [0.1, 0.15) is 0 Å². The fourth-order valence-electron chi connectivity index (χ4n) is 7.33. The molecule has 3 nitrogen and oxygen atoms in total. The molecule has 10 aromatic rings. The summed E-state index contributed by atoms with van der Waals surface area (Å²) in [4.78, 5) is 15.4. The zero-order valence-corrected chi connectivity index (χ0v) is 29.5. The Hall–Kier alpha value is -6.75. The van der Waals surface area contributed by atoms with Crippen LogP contribution in [0.4, 0.5) is 0 Å². The Bertz CT molecular complexity index is 2950. The summed E-state index contributed by atoms with van der Waals surface area (Å²) in [5, 5.41) is 4.94. The van der Waals surface area contributed by atoms with Gasteiger partial charge in [0.05, 0.1) is 0 Å². The van der Waals surface area contributed by atoms with Crippen molar-refractivity contribution >= 4 is 42.3 Å². The number of benzene rings is 8. The lowest BCUT2D eigenvalue weighted by atomic mass is 9.95. The monoisotopic (exact) mass is 693 g/mol. The number of rotatable bonds is 6. The molecule has 8 aromatic carbocycles. The summed E-state index contributed by atoms with van der Waals surface area (Å²) in [6, 6.07) is 66.3. The molecule has 0 saturated carbocycles. The van der Waals surface area contributed by atoms with E-state index in [2.05, 4.69) is 170 Å². The number of fused-ring (bicyclic) bond motifs is 4. The normalized spacial score (nSPS) is 11.4. The van der Waals surface area contributed by atoms with E-state index in [9.17, 15) is 0 Å². The Labute approximate surface area is 311 Å². The van der Waals surface area contributed by atoms with Crippen LogP contribution in [0.1, 0.15) is 0 Å². The standard InChI is InChI=1S/C49H31N3S/c1-3-13-32(14-4-1)35-25-26-38-30-36(27-28-37(38)29-35)34-17-11-18-39(31-34)48-50-47(33-15-5-2-6-16-33)51-49(52-48)42-20-8-7-19-40(42)41-22-12-24-45-46(41)43-21-9-10-23-44(43)53-45/h1-31H. The molecule has 0 saturated heterocycles. The van der Waals surface area contributed by atoms with Crippen LogP contribution in [-0.4, -0.2) is 15.0 Å². The van der Waals surface area contributed by atoms with E-state index < -0.39 is 0 Å². The lowest BCUT2D eigenvalue weighted by Gasteiger charge is -2.13. The van der Waals surface area contributed by atoms with Crippen molar-refractivity contribution in [1.82, 2.24) is 15.0 Å². The van der Waals surface area contributed by atoms with Crippen molar-refractivity contribution in [2.45, 2.75) is 0 Å². The van der Waals surface area contributed by atoms with Crippen LogP contribution < -0.4 is 0 Å². The topological polar surface area (TPSA) is 38.7 Å². The average molecular weight is 694 g/mol. The van der Waals surface area contributed by atoms with Crippen LogP contribution >= 0.6 is 11.3 Å². The van der Waals surface area contributed by atoms with Gasteiger partial charge in [-0.2, -0.15) is 0 Å². The summed E-state index contributed by atoms with van der Waals surface area (Å²) >= 11 is 1.83. The Morgan fingerprint density at radius 2 is 0.811 bits per heavy atom. The maximum Gasteiger partial charge on any atom is 0.164 e. The van der Waals surface area contributed by atoms with E-state index in [1.807, 2.05) is 29.5 Å². The Morgan fingerprint density at radius 3 is 1.58 bits per heavy atom. The zero-order valence-electron chi connectivity index (χ0n) is 28.6. The lowest BCUT2D eigenvalue weighted by molar-refractivity contribution is 1.07. The van der Waals surface area contributed by atoms with Gasteiger partial charge < -0.3 is 0 Å². The van der Waals surface area contributed by atoms with Crippen LogP contribution in [0, 0.1) is 0 Å². The summed E-state index contributed by atoms with van der Waals surface area (Å²) < 4.78 is 2.55. The summed E-state index contributed by atoms with van der Waals surface area (Å²) in [6.45, 7) is 0. The smallest absolute Gasteiger partial charge is 0.164 e. The van der Waals surface area contributed by atoms with Crippen molar-refractivity contribution in [2.75, 3.05) is 0 Å². The maximum absolute atomic E-state index is 5.22. The van der Waals surface area contributed by atoms with Crippen molar-refractivity contribution < 1.29 is 0 Å². The second-order valence-electron chi connectivity index (χ2n) is 13.2. The largest absolute Gasteiger partial charge is 0.208 e. The van der Waals surface area contributed by atoms with Crippen molar-refractivity contribution in [2.24, 2.45) is 0 Å². The molecule has 0 bridgehead atoms. The molecule has 0 radical (unpaired) electrons. The number of aromatic nitrogens is 3. The molecular formula is C49H31N3S. The molecule has 2 aromatic heterocycles. The van der Waals surface area contributed by atoms with E-state index in [-0.39, 0.29) is 0 Å². The molecule has 10 rings (SSSR count). The minimum atomic E-state index is 0.637. The van der Waals surface area contributed by atoms with E-state index in [1.54, 1.807) is 0 Å². The highest BCUT2D eigenvalue weighted by Gasteiger charge is 2.18. The molecule has 4 heteroatoms. The molecule has 0 unspecified atom stereocenters. The van der Waals surface area contributed by atoms with Crippen LogP contribution in [0.25, 0.3) is 98.5 Å². The summed E-state index contributed by atoms with van der Waals surface area (Å²) in [5.41, 5.74) is 9.81. The van der Waals surface area contributed by atoms with Gasteiger partial charge in [-0.25, -0.2) is 15.0 Å². The minimum absolute atomic E-state index is 0.637. The molecule has 0 atom stereocenters. The quantitative estimate of drug-likeness (QED) is 0.174. The second kappa shape index (κ2) is 13.1. The first-order valence-electron chi connectivity index (χ1n) is 17.8.